The Morgan fingerprint density at radius 1 is 1.10 bits per heavy atom. The third kappa shape index (κ3) is 7.66. The zero-order valence-electron chi connectivity index (χ0n) is 17.5. The first-order valence-electron chi connectivity index (χ1n) is 11.3. The fourth-order valence-electron chi connectivity index (χ4n) is 4.90. The number of hydrogen-bond acceptors (Lipinski definition) is 5. The van der Waals surface area contributed by atoms with E-state index in [0.29, 0.717) is 25.3 Å². The van der Waals surface area contributed by atoms with Crippen LogP contribution in [0.1, 0.15) is 57.8 Å². The molecule has 0 aromatic heterocycles. The van der Waals surface area contributed by atoms with Crippen molar-refractivity contribution in [3.05, 3.63) is 0 Å². The summed E-state index contributed by atoms with van der Waals surface area (Å²) in [7, 11) is 0. The van der Waals surface area contributed by atoms with Crippen LogP contribution in [-0.4, -0.2) is 79.3 Å². The number of halogens is 3. The molecule has 9 heteroatoms. The first-order chi connectivity index (χ1) is 14.3. The molecule has 3 fully saturated rings. The highest BCUT2D eigenvalue weighted by Gasteiger charge is 2.39. The maximum absolute atomic E-state index is 12.7. The Morgan fingerprint density at radius 3 is 2.60 bits per heavy atom. The van der Waals surface area contributed by atoms with E-state index in [1.807, 2.05) is 0 Å². The van der Waals surface area contributed by atoms with Crippen molar-refractivity contribution in [2.75, 3.05) is 32.8 Å². The molecule has 3 aliphatic rings. The number of ether oxygens (including phenoxy) is 2. The number of β-amino-alcohol motifs (C(OH)–C–C–N with tert-alkyl or cyclic N) is 1. The minimum absolute atomic E-state index is 0.0277. The Morgan fingerprint density at radius 2 is 1.87 bits per heavy atom. The average molecular weight is 437 g/mol. The molecule has 2 aliphatic heterocycles. The first kappa shape index (κ1) is 23.8. The lowest BCUT2D eigenvalue weighted by Gasteiger charge is -2.44. The van der Waals surface area contributed by atoms with Crippen LogP contribution >= 0.6 is 0 Å². The molecule has 0 spiro atoms. The lowest BCUT2D eigenvalue weighted by molar-refractivity contribution is -0.169. The fraction of sp³-hybridized carbons (Fsp3) is 0.952. The molecule has 6 nitrogen and oxygen atoms in total. The van der Waals surface area contributed by atoms with E-state index < -0.39 is 24.8 Å². The van der Waals surface area contributed by atoms with E-state index in [1.54, 1.807) is 4.90 Å². The van der Waals surface area contributed by atoms with Gasteiger partial charge in [-0.2, -0.15) is 13.2 Å². The van der Waals surface area contributed by atoms with Crippen LogP contribution in [0.5, 0.6) is 0 Å². The van der Waals surface area contributed by atoms with Gasteiger partial charge in [0.15, 0.2) is 0 Å². The van der Waals surface area contributed by atoms with E-state index in [4.69, 9.17) is 9.47 Å². The highest BCUT2D eigenvalue weighted by atomic mass is 19.4. The van der Waals surface area contributed by atoms with Gasteiger partial charge in [0.2, 0.25) is 5.91 Å². The second kappa shape index (κ2) is 11.1. The summed E-state index contributed by atoms with van der Waals surface area (Å²) in [5.41, 5.74) is 0. The Bertz CT molecular complexity index is 543. The molecule has 2 N–H and O–H groups in total. The molecule has 1 saturated carbocycles. The van der Waals surface area contributed by atoms with E-state index >= 15 is 0 Å². The van der Waals surface area contributed by atoms with Crippen LogP contribution in [0.2, 0.25) is 0 Å². The fourth-order valence-corrected chi connectivity index (χ4v) is 4.90. The van der Waals surface area contributed by atoms with Crippen LogP contribution in [0.15, 0.2) is 0 Å². The second-order valence-electron chi connectivity index (χ2n) is 9.00. The molecule has 1 amide bonds. The summed E-state index contributed by atoms with van der Waals surface area (Å²) >= 11 is 0. The van der Waals surface area contributed by atoms with Crippen molar-refractivity contribution >= 4 is 5.91 Å². The van der Waals surface area contributed by atoms with Gasteiger partial charge in [0.25, 0.3) is 0 Å². The Hall–Kier alpha value is -0.900. The number of nitrogens with zero attached hydrogens (tertiary/aromatic N) is 1. The second-order valence-corrected chi connectivity index (χ2v) is 9.00. The molecule has 0 bridgehead atoms. The topological polar surface area (TPSA) is 71.0 Å². The molecule has 4 atom stereocenters. The number of amides is 1. The summed E-state index contributed by atoms with van der Waals surface area (Å²) in [6.07, 6.45) is 0.947. The van der Waals surface area contributed by atoms with Crippen LogP contribution in [0.25, 0.3) is 0 Å². The lowest BCUT2D eigenvalue weighted by atomic mass is 9.89. The number of carbonyl (C=O) groups excluding carboxylic acids is 1. The zero-order valence-corrected chi connectivity index (χ0v) is 17.5. The molecule has 1 aliphatic carbocycles. The SMILES string of the molecule is O=C(C[C@@H]1CC[C@H]2[C@@H](COC[C@H](O)CN2CCC(F)(F)F)O1)NCC1CCCCC1. The van der Waals surface area contributed by atoms with Crippen molar-refractivity contribution in [3.8, 4) is 0 Å². The molecular weight excluding hydrogens is 401 g/mol. The number of nitrogens with one attached hydrogen (secondary N) is 1. The van der Waals surface area contributed by atoms with Gasteiger partial charge in [-0.25, -0.2) is 0 Å². The van der Waals surface area contributed by atoms with E-state index in [2.05, 4.69) is 5.32 Å². The average Bonchev–Trinajstić information content (AvgIpc) is 2.69. The largest absolute Gasteiger partial charge is 0.390 e. The quantitative estimate of drug-likeness (QED) is 0.670. The van der Waals surface area contributed by atoms with E-state index in [0.717, 1.165) is 0 Å². The smallest absolute Gasteiger partial charge is 0.389 e. The molecule has 2 saturated heterocycles. The third-order valence-corrected chi connectivity index (χ3v) is 6.50. The van der Waals surface area contributed by atoms with Crippen molar-refractivity contribution in [1.29, 1.82) is 0 Å². The predicted molar refractivity (Wildman–Crippen MR) is 105 cm³/mol. The molecule has 0 radical (unpaired) electrons. The normalized spacial score (nSPS) is 32.1. The van der Waals surface area contributed by atoms with Gasteiger partial charge < -0.3 is 19.9 Å². The molecule has 2 heterocycles. The summed E-state index contributed by atoms with van der Waals surface area (Å²) in [6, 6.07) is -0.246. The summed E-state index contributed by atoms with van der Waals surface area (Å²) in [5.74, 6) is 0.534. The van der Waals surface area contributed by atoms with Crippen molar-refractivity contribution in [1.82, 2.24) is 10.2 Å². The van der Waals surface area contributed by atoms with Gasteiger partial charge >= 0.3 is 6.18 Å². The Balaban J connectivity index is 1.49. The van der Waals surface area contributed by atoms with Crippen LogP contribution in [-0.2, 0) is 14.3 Å². The number of aliphatic hydroxyl groups excluding tert-OH is 1. The molecule has 30 heavy (non-hydrogen) atoms. The zero-order chi connectivity index (χ0) is 21.6. The highest BCUT2D eigenvalue weighted by molar-refractivity contribution is 5.76. The summed E-state index contributed by atoms with van der Waals surface area (Å²) < 4.78 is 49.8. The van der Waals surface area contributed by atoms with Gasteiger partial charge in [0, 0.05) is 25.7 Å². The molecule has 0 aromatic carbocycles. The van der Waals surface area contributed by atoms with Crippen LogP contribution < -0.4 is 5.32 Å². The van der Waals surface area contributed by atoms with Crippen LogP contribution in [0.4, 0.5) is 13.2 Å². The molecule has 174 valence electrons. The van der Waals surface area contributed by atoms with Crippen molar-refractivity contribution in [2.24, 2.45) is 5.92 Å². The minimum atomic E-state index is -4.24. The lowest BCUT2D eigenvalue weighted by Crippen LogP contribution is -2.56. The van der Waals surface area contributed by atoms with Gasteiger partial charge in [0.05, 0.1) is 44.4 Å². The highest BCUT2D eigenvalue weighted by Crippen LogP contribution is 2.29. The van der Waals surface area contributed by atoms with Gasteiger partial charge in [-0.3, -0.25) is 9.69 Å². The predicted octanol–water partition coefficient (Wildman–Crippen LogP) is 2.63. The standard InChI is InChI=1S/C21H35F3N2O4/c22-21(23,24)8-9-26-12-16(27)13-29-14-19-18(26)7-6-17(30-19)10-20(28)25-11-15-4-2-1-3-5-15/h15-19,27H,1-14H2,(H,25,28)/t16-,17+,18+,19-/m1/s1. The number of aliphatic hydroxyl groups is 1. The third-order valence-electron chi connectivity index (χ3n) is 6.50. The molecule has 0 unspecified atom stereocenters. The van der Waals surface area contributed by atoms with Gasteiger partial charge in [-0.05, 0) is 31.6 Å². The maximum atomic E-state index is 12.7. The monoisotopic (exact) mass is 436 g/mol. The van der Waals surface area contributed by atoms with E-state index in [9.17, 15) is 23.1 Å². The van der Waals surface area contributed by atoms with Crippen LogP contribution in [0.3, 0.4) is 0 Å². The number of hydrogen-bond donors (Lipinski definition) is 2. The number of carbonyl (C=O) groups is 1. The van der Waals surface area contributed by atoms with Crippen molar-refractivity contribution in [2.45, 2.75) is 88.3 Å². The van der Waals surface area contributed by atoms with Crippen molar-refractivity contribution in [3.63, 3.8) is 0 Å². The summed E-state index contributed by atoms with van der Waals surface area (Å²) in [5, 5.41) is 13.0. The van der Waals surface area contributed by atoms with Gasteiger partial charge in [0.1, 0.15) is 0 Å². The number of alkyl halides is 3. The van der Waals surface area contributed by atoms with Gasteiger partial charge in [-0.1, -0.05) is 19.3 Å². The Kier molecular flexibility index (Phi) is 8.80. The summed E-state index contributed by atoms with van der Waals surface area (Å²) in [4.78, 5) is 14.1. The number of rotatable bonds is 6. The first-order valence-corrected chi connectivity index (χ1v) is 11.3. The van der Waals surface area contributed by atoms with E-state index in [-0.39, 0.29) is 50.8 Å². The Labute approximate surface area is 176 Å². The minimum Gasteiger partial charge on any atom is -0.389 e. The maximum Gasteiger partial charge on any atom is 0.390 e. The van der Waals surface area contributed by atoms with Gasteiger partial charge in [-0.15, -0.1) is 0 Å². The van der Waals surface area contributed by atoms with Crippen molar-refractivity contribution < 1.29 is 32.5 Å². The van der Waals surface area contributed by atoms with E-state index in [1.165, 1.54) is 32.1 Å². The molecule has 0 aromatic rings. The molecular formula is C21H35F3N2O4. The number of fused-ring (bicyclic) bond motifs is 1. The summed E-state index contributed by atoms with van der Waals surface area (Å²) in [6.45, 7) is 0.959. The molecule has 3 rings (SSSR count). The van der Waals surface area contributed by atoms with Crippen LogP contribution in [0, 0.1) is 5.92 Å².